The lowest BCUT2D eigenvalue weighted by molar-refractivity contribution is 0.262. The van der Waals surface area contributed by atoms with Crippen molar-refractivity contribution in [1.29, 1.82) is 0 Å². The van der Waals surface area contributed by atoms with E-state index in [1.807, 2.05) is 0 Å². The number of hydrogen-bond donors (Lipinski definition) is 1. The largest absolute Gasteiger partial charge is 0.311 e. The molecule has 0 spiro atoms. The molecule has 0 aliphatic heterocycles. The van der Waals surface area contributed by atoms with E-state index >= 15 is 0 Å². The van der Waals surface area contributed by atoms with Crippen molar-refractivity contribution in [3.8, 4) is 0 Å². The summed E-state index contributed by atoms with van der Waals surface area (Å²) in [7, 11) is 0. The van der Waals surface area contributed by atoms with Crippen LogP contribution >= 0.6 is 15.9 Å². The smallest absolute Gasteiger partial charge is 0.0175 e. The maximum atomic E-state index is 3.79. The molecule has 1 N–H and O–H groups in total. The first-order valence-electron chi connectivity index (χ1n) is 7.22. The molecule has 18 heavy (non-hydrogen) atoms. The van der Waals surface area contributed by atoms with Gasteiger partial charge in [0.25, 0.3) is 0 Å². The molecule has 1 aromatic carbocycles. The van der Waals surface area contributed by atoms with Crippen molar-refractivity contribution in [1.82, 2.24) is 5.32 Å². The van der Waals surface area contributed by atoms with E-state index in [0.29, 0.717) is 6.04 Å². The standard InChI is InChI=1S/C16H22BrN/c1-11(8-12-2-3-12)18-16-9-14(10-16)13-4-6-15(17)7-5-13/h4-7,11-12,14,16,18H,2-3,8-10H2,1H3. The van der Waals surface area contributed by atoms with E-state index in [9.17, 15) is 0 Å². The van der Waals surface area contributed by atoms with Crippen molar-refractivity contribution < 1.29 is 0 Å². The van der Waals surface area contributed by atoms with E-state index in [0.717, 1.165) is 17.9 Å². The third-order valence-corrected chi connectivity index (χ3v) is 4.91. The van der Waals surface area contributed by atoms with Crippen molar-refractivity contribution in [2.24, 2.45) is 5.92 Å². The van der Waals surface area contributed by atoms with Crippen LogP contribution in [0, 0.1) is 5.92 Å². The van der Waals surface area contributed by atoms with Gasteiger partial charge in [-0.3, -0.25) is 0 Å². The van der Waals surface area contributed by atoms with E-state index < -0.39 is 0 Å². The molecule has 2 fully saturated rings. The first-order valence-corrected chi connectivity index (χ1v) is 8.01. The zero-order chi connectivity index (χ0) is 12.5. The average molecular weight is 308 g/mol. The third-order valence-electron chi connectivity index (χ3n) is 4.38. The van der Waals surface area contributed by atoms with Crippen LogP contribution in [0.5, 0.6) is 0 Å². The minimum absolute atomic E-state index is 0.716. The van der Waals surface area contributed by atoms with Crippen LogP contribution in [0.2, 0.25) is 0 Å². The number of halogens is 1. The predicted octanol–water partition coefficient (Wildman–Crippen LogP) is 4.47. The summed E-state index contributed by atoms with van der Waals surface area (Å²) in [5.74, 6) is 1.82. The molecular weight excluding hydrogens is 286 g/mol. The number of rotatable bonds is 5. The average Bonchev–Trinajstić information content (AvgIpc) is 3.08. The normalized spacial score (nSPS) is 28.8. The Kier molecular flexibility index (Phi) is 3.76. The lowest BCUT2D eigenvalue weighted by atomic mass is 9.75. The highest BCUT2D eigenvalue weighted by Gasteiger charge is 2.32. The molecule has 0 saturated heterocycles. The molecule has 2 saturated carbocycles. The summed E-state index contributed by atoms with van der Waals surface area (Å²) in [6.45, 7) is 2.35. The van der Waals surface area contributed by atoms with Gasteiger partial charge in [-0.05, 0) is 55.7 Å². The van der Waals surface area contributed by atoms with Gasteiger partial charge in [-0.15, -0.1) is 0 Å². The van der Waals surface area contributed by atoms with Crippen LogP contribution in [0.15, 0.2) is 28.7 Å². The summed E-state index contributed by atoms with van der Waals surface area (Å²) in [5, 5.41) is 3.79. The lowest BCUT2D eigenvalue weighted by Crippen LogP contribution is -2.44. The van der Waals surface area contributed by atoms with Crippen molar-refractivity contribution in [3.05, 3.63) is 34.3 Å². The Bertz CT molecular complexity index is 390. The van der Waals surface area contributed by atoms with Crippen LogP contribution in [-0.4, -0.2) is 12.1 Å². The Labute approximate surface area is 118 Å². The fraction of sp³-hybridized carbons (Fsp3) is 0.625. The highest BCUT2D eigenvalue weighted by molar-refractivity contribution is 9.10. The van der Waals surface area contributed by atoms with Gasteiger partial charge in [-0.1, -0.05) is 40.9 Å². The lowest BCUT2D eigenvalue weighted by Gasteiger charge is -2.38. The number of hydrogen-bond acceptors (Lipinski definition) is 1. The van der Waals surface area contributed by atoms with Crippen LogP contribution in [-0.2, 0) is 0 Å². The quantitative estimate of drug-likeness (QED) is 0.846. The van der Waals surface area contributed by atoms with Gasteiger partial charge in [-0.2, -0.15) is 0 Å². The molecule has 1 unspecified atom stereocenters. The Morgan fingerprint density at radius 1 is 1.22 bits per heavy atom. The molecule has 2 heteroatoms. The van der Waals surface area contributed by atoms with Gasteiger partial charge in [0.2, 0.25) is 0 Å². The Balaban J connectivity index is 1.43. The zero-order valence-electron chi connectivity index (χ0n) is 11.0. The molecule has 1 aromatic rings. The first-order chi connectivity index (χ1) is 8.70. The SMILES string of the molecule is CC(CC1CC1)NC1CC(c2ccc(Br)cc2)C1. The highest BCUT2D eigenvalue weighted by Crippen LogP contribution is 2.38. The maximum absolute atomic E-state index is 3.79. The minimum atomic E-state index is 0.716. The van der Waals surface area contributed by atoms with Gasteiger partial charge < -0.3 is 5.32 Å². The molecule has 2 aliphatic rings. The monoisotopic (exact) mass is 307 g/mol. The molecule has 0 heterocycles. The summed E-state index contributed by atoms with van der Waals surface area (Å²) in [6.07, 6.45) is 6.96. The number of benzene rings is 1. The summed E-state index contributed by atoms with van der Waals surface area (Å²) >= 11 is 3.50. The molecule has 1 atom stereocenters. The van der Waals surface area contributed by atoms with Gasteiger partial charge >= 0.3 is 0 Å². The summed E-state index contributed by atoms with van der Waals surface area (Å²) in [6, 6.07) is 10.3. The van der Waals surface area contributed by atoms with Crippen LogP contribution in [0.1, 0.15) is 50.5 Å². The van der Waals surface area contributed by atoms with E-state index in [2.05, 4.69) is 52.4 Å². The fourth-order valence-electron chi connectivity index (χ4n) is 3.09. The Morgan fingerprint density at radius 2 is 1.89 bits per heavy atom. The van der Waals surface area contributed by atoms with Crippen LogP contribution in [0.4, 0.5) is 0 Å². The van der Waals surface area contributed by atoms with E-state index in [-0.39, 0.29) is 0 Å². The molecule has 98 valence electrons. The molecule has 1 nitrogen and oxygen atoms in total. The van der Waals surface area contributed by atoms with Crippen LogP contribution < -0.4 is 5.32 Å². The van der Waals surface area contributed by atoms with Gasteiger partial charge in [0.15, 0.2) is 0 Å². The van der Waals surface area contributed by atoms with Gasteiger partial charge in [-0.25, -0.2) is 0 Å². The second kappa shape index (κ2) is 5.34. The van der Waals surface area contributed by atoms with Crippen LogP contribution in [0.25, 0.3) is 0 Å². The zero-order valence-corrected chi connectivity index (χ0v) is 12.6. The second-order valence-electron chi connectivity index (χ2n) is 6.16. The fourth-order valence-corrected chi connectivity index (χ4v) is 3.35. The molecule has 0 bridgehead atoms. The van der Waals surface area contributed by atoms with Crippen molar-refractivity contribution in [3.63, 3.8) is 0 Å². The van der Waals surface area contributed by atoms with Crippen LogP contribution in [0.3, 0.4) is 0 Å². The van der Waals surface area contributed by atoms with Gasteiger partial charge in [0, 0.05) is 16.6 Å². The maximum Gasteiger partial charge on any atom is 0.0175 e. The van der Waals surface area contributed by atoms with E-state index in [1.54, 1.807) is 0 Å². The van der Waals surface area contributed by atoms with Crippen molar-refractivity contribution in [2.75, 3.05) is 0 Å². The molecule has 0 aromatic heterocycles. The van der Waals surface area contributed by atoms with Gasteiger partial charge in [0.1, 0.15) is 0 Å². The summed E-state index contributed by atoms with van der Waals surface area (Å²) < 4.78 is 1.18. The van der Waals surface area contributed by atoms with Gasteiger partial charge in [0.05, 0.1) is 0 Å². The minimum Gasteiger partial charge on any atom is -0.311 e. The molecule has 3 rings (SSSR count). The Morgan fingerprint density at radius 3 is 2.50 bits per heavy atom. The first kappa shape index (κ1) is 12.7. The molecular formula is C16H22BrN. The van der Waals surface area contributed by atoms with Crippen molar-refractivity contribution >= 4 is 15.9 Å². The van der Waals surface area contributed by atoms with E-state index in [1.165, 1.54) is 42.1 Å². The van der Waals surface area contributed by atoms with E-state index in [4.69, 9.17) is 0 Å². The third kappa shape index (κ3) is 3.16. The van der Waals surface area contributed by atoms with Crippen molar-refractivity contribution in [2.45, 2.75) is 57.0 Å². The molecule has 0 amide bonds. The predicted molar refractivity (Wildman–Crippen MR) is 79.8 cm³/mol. The molecule has 2 aliphatic carbocycles. The summed E-state index contributed by atoms with van der Waals surface area (Å²) in [4.78, 5) is 0. The Hall–Kier alpha value is -0.340. The molecule has 0 radical (unpaired) electrons. The topological polar surface area (TPSA) is 12.0 Å². The number of nitrogens with one attached hydrogen (secondary N) is 1. The highest BCUT2D eigenvalue weighted by atomic mass is 79.9. The second-order valence-corrected chi connectivity index (χ2v) is 7.08. The summed E-state index contributed by atoms with van der Waals surface area (Å²) in [5.41, 5.74) is 1.51.